The molecule has 2 aliphatic rings. The Balaban J connectivity index is 1.65. The van der Waals surface area contributed by atoms with Crippen molar-refractivity contribution in [2.45, 2.75) is 25.0 Å². The molecule has 5 heteroatoms. The van der Waals surface area contributed by atoms with Gasteiger partial charge in [-0.15, -0.1) is 0 Å². The van der Waals surface area contributed by atoms with Crippen molar-refractivity contribution in [1.82, 2.24) is 5.32 Å². The van der Waals surface area contributed by atoms with E-state index in [9.17, 15) is 4.79 Å². The second-order valence-electron chi connectivity index (χ2n) is 4.64. The van der Waals surface area contributed by atoms with Gasteiger partial charge in [0.15, 0.2) is 0 Å². The van der Waals surface area contributed by atoms with Crippen LogP contribution in [-0.4, -0.2) is 36.4 Å². The number of aliphatic carboxylic acids is 1. The quantitative estimate of drug-likeness (QED) is 0.830. The van der Waals surface area contributed by atoms with Crippen molar-refractivity contribution in [1.29, 1.82) is 0 Å². The first-order chi connectivity index (χ1) is 8.72. The van der Waals surface area contributed by atoms with Crippen LogP contribution in [0.25, 0.3) is 0 Å². The topological polar surface area (TPSA) is 67.8 Å². The van der Waals surface area contributed by atoms with Crippen LogP contribution in [0.1, 0.15) is 12.0 Å². The minimum atomic E-state index is -0.821. The largest absolute Gasteiger partial charge is 0.493 e. The number of ether oxygens (including phenoxy) is 2. The van der Waals surface area contributed by atoms with Gasteiger partial charge in [0.05, 0.1) is 6.61 Å². The average Bonchev–Trinajstić information content (AvgIpc) is 2.96. The third-order valence-corrected chi connectivity index (χ3v) is 3.36. The maximum absolute atomic E-state index is 10.8. The van der Waals surface area contributed by atoms with Crippen molar-refractivity contribution >= 4 is 5.97 Å². The lowest BCUT2D eigenvalue weighted by Gasteiger charge is -2.13. The lowest BCUT2D eigenvalue weighted by molar-refractivity contribution is -0.139. The molecule has 1 aromatic carbocycles. The van der Waals surface area contributed by atoms with Gasteiger partial charge in [-0.2, -0.15) is 0 Å². The molecule has 96 valence electrons. The van der Waals surface area contributed by atoms with Gasteiger partial charge in [-0.1, -0.05) is 6.07 Å². The van der Waals surface area contributed by atoms with Gasteiger partial charge in [0.2, 0.25) is 0 Å². The van der Waals surface area contributed by atoms with Crippen molar-refractivity contribution < 1.29 is 19.4 Å². The number of fused-ring (bicyclic) bond motifs is 1. The molecule has 0 aliphatic carbocycles. The van der Waals surface area contributed by atoms with Gasteiger partial charge in [-0.3, -0.25) is 4.79 Å². The Morgan fingerprint density at radius 1 is 1.50 bits per heavy atom. The monoisotopic (exact) mass is 249 g/mol. The molecule has 18 heavy (non-hydrogen) atoms. The zero-order valence-corrected chi connectivity index (χ0v) is 9.89. The van der Waals surface area contributed by atoms with E-state index in [1.807, 2.05) is 18.2 Å². The van der Waals surface area contributed by atoms with Crippen molar-refractivity contribution in [2.24, 2.45) is 0 Å². The molecule has 1 saturated heterocycles. The summed E-state index contributed by atoms with van der Waals surface area (Å²) >= 11 is 0. The van der Waals surface area contributed by atoms with Crippen LogP contribution in [0.15, 0.2) is 18.2 Å². The lowest BCUT2D eigenvalue weighted by atomic mass is 10.1. The molecule has 0 radical (unpaired) electrons. The van der Waals surface area contributed by atoms with E-state index in [1.165, 1.54) is 5.56 Å². The van der Waals surface area contributed by atoms with Gasteiger partial charge in [-0.05, 0) is 11.6 Å². The molecule has 0 amide bonds. The third kappa shape index (κ3) is 2.13. The van der Waals surface area contributed by atoms with Crippen LogP contribution in [0.3, 0.4) is 0 Å². The maximum Gasteiger partial charge on any atom is 0.320 e. The molecule has 1 aromatic rings. The zero-order valence-electron chi connectivity index (χ0n) is 9.89. The van der Waals surface area contributed by atoms with E-state index < -0.39 is 12.0 Å². The summed E-state index contributed by atoms with van der Waals surface area (Å²) in [5.41, 5.74) is 1.20. The maximum atomic E-state index is 10.8. The number of hydrogen-bond acceptors (Lipinski definition) is 4. The number of carboxylic acid groups (broad SMARTS) is 1. The Labute approximate surface area is 105 Å². The van der Waals surface area contributed by atoms with Gasteiger partial charge in [-0.25, -0.2) is 0 Å². The molecule has 5 nitrogen and oxygen atoms in total. The molecule has 0 spiro atoms. The van der Waals surface area contributed by atoms with Gasteiger partial charge in [0.1, 0.15) is 23.6 Å². The molecule has 2 unspecified atom stereocenters. The number of carboxylic acids is 1. The minimum Gasteiger partial charge on any atom is -0.493 e. The van der Waals surface area contributed by atoms with Gasteiger partial charge in [0, 0.05) is 25.5 Å². The Bertz CT molecular complexity index is 474. The predicted molar refractivity (Wildman–Crippen MR) is 64.1 cm³/mol. The summed E-state index contributed by atoms with van der Waals surface area (Å²) in [7, 11) is 0. The second-order valence-corrected chi connectivity index (χ2v) is 4.64. The summed E-state index contributed by atoms with van der Waals surface area (Å²) in [5.74, 6) is 0.806. The first kappa shape index (κ1) is 11.3. The first-order valence-electron chi connectivity index (χ1n) is 6.11. The number of carbonyl (C=O) groups is 1. The Morgan fingerprint density at radius 2 is 2.39 bits per heavy atom. The van der Waals surface area contributed by atoms with Crippen molar-refractivity contribution in [2.75, 3.05) is 13.2 Å². The molecule has 2 heterocycles. The molecule has 2 N–H and O–H groups in total. The highest BCUT2D eigenvalue weighted by atomic mass is 16.5. The molecule has 3 rings (SSSR count). The van der Waals surface area contributed by atoms with Crippen molar-refractivity contribution in [3.63, 3.8) is 0 Å². The Hall–Kier alpha value is -1.75. The lowest BCUT2D eigenvalue weighted by Crippen LogP contribution is -2.30. The zero-order chi connectivity index (χ0) is 12.5. The first-order valence-corrected chi connectivity index (χ1v) is 6.11. The van der Waals surface area contributed by atoms with Crippen LogP contribution in [0.2, 0.25) is 0 Å². The van der Waals surface area contributed by atoms with Crippen molar-refractivity contribution in [3.05, 3.63) is 23.8 Å². The summed E-state index contributed by atoms with van der Waals surface area (Å²) in [6.45, 7) is 1.29. The number of nitrogens with one attached hydrogen (secondary N) is 1. The fourth-order valence-corrected chi connectivity index (χ4v) is 2.39. The van der Waals surface area contributed by atoms with Gasteiger partial charge >= 0.3 is 5.97 Å². The Morgan fingerprint density at radius 3 is 3.17 bits per heavy atom. The van der Waals surface area contributed by atoms with E-state index in [1.54, 1.807) is 0 Å². The summed E-state index contributed by atoms with van der Waals surface area (Å²) in [4.78, 5) is 10.8. The van der Waals surface area contributed by atoms with E-state index in [4.69, 9.17) is 14.6 Å². The molecule has 0 saturated carbocycles. The van der Waals surface area contributed by atoms with Gasteiger partial charge in [0.25, 0.3) is 0 Å². The second kappa shape index (κ2) is 4.49. The van der Waals surface area contributed by atoms with Crippen LogP contribution < -0.4 is 14.8 Å². The number of hydrogen-bond donors (Lipinski definition) is 2. The smallest absolute Gasteiger partial charge is 0.320 e. The summed E-state index contributed by atoms with van der Waals surface area (Å²) in [6.07, 6.45) is 1.35. The standard InChI is InChI=1S/C13H15NO4/c15-13(16)11-5-10(7-14-11)18-9-2-1-8-3-4-17-12(8)6-9/h1-2,6,10-11,14H,3-5,7H2,(H,15,16). The fraction of sp³-hybridized carbons (Fsp3) is 0.462. The molecule has 1 fully saturated rings. The molecular weight excluding hydrogens is 234 g/mol. The SMILES string of the molecule is O=C(O)C1CC(Oc2ccc3c(c2)OCC3)CN1. The van der Waals surface area contributed by atoms with Crippen LogP contribution in [-0.2, 0) is 11.2 Å². The predicted octanol–water partition coefficient (Wildman–Crippen LogP) is 0.815. The van der Waals surface area contributed by atoms with E-state index in [0.29, 0.717) is 13.0 Å². The highest BCUT2D eigenvalue weighted by Crippen LogP contribution is 2.30. The van der Waals surface area contributed by atoms with Crippen molar-refractivity contribution in [3.8, 4) is 11.5 Å². The van der Waals surface area contributed by atoms with Crippen LogP contribution in [0.4, 0.5) is 0 Å². The average molecular weight is 249 g/mol. The number of rotatable bonds is 3. The molecule has 2 atom stereocenters. The molecule has 0 bridgehead atoms. The van der Waals surface area contributed by atoms with E-state index >= 15 is 0 Å². The van der Waals surface area contributed by atoms with E-state index in [0.717, 1.165) is 24.5 Å². The van der Waals surface area contributed by atoms with E-state index in [-0.39, 0.29) is 6.10 Å². The Kier molecular flexibility index (Phi) is 2.83. The highest BCUT2D eigenvalue weighted by Gasteiger charge is 2.30. The molecule has 0 aromatic heterocycles. The highest BCUT2D eigenvalue weighted by molar-refractivity contribution is 5.73. The molecule has 2 aliphatic heterocycles. The fourth-order valence-electron chi connectivity index (χ4n) is 2.39. The van der Waals surface area contributed by atoms with Crippen LogP contribution >= 0.6 is 0 Å². The summed E-state index contributed by atoms with van der Waals surface area (Å²) in [5, 5.41) is 11.8. The minimum absolute atomic E-state index is 0.0921. The van der Waals surface area contributed by atoms with Crippen LogP contribution in [0.5, 0.6) is 11.5 Å². The summed E-state index contributed by atoms with van der Waals surface area (Å²) < 4.78 is 11.2. The third-order valence-electron chi connectivity index (χ3n) is 3.36. The summed E-state index contributed by atoms with van der Waals surface area (Å²) in [6, 6.07) is 5.31. The van der Waals surface area contributed by atoms with Crippen LogP contribution in [0, 0.1) is 0 Å². The normalized spacial score (nSPS) is 25.6. The van der Waals surface area contributed by atoms with Gasteiger partial charge < -0.3 is 19.9 Å². The van der Waals surface area contributed by atoms with E-state index in [2.05, 4.69) is 5.32 Å². The number of benzene rings is 1. The molecular formula is C13H15NO4.